The highest BCUT2D eigenvalue weighted by atomic mass is 16.4. The van der Waals surface area contributed by atoms with Gasteiger partial charge in [-0.2, -0.15) is 0 Å². The normalized spacial score (nSPS) is 16.9. The fourth-order valence-electron chi connectivity index (χ4n) is 1.84. The number of likely N-dealkylation sites (tertiary alicyclic amines) is 1. The maximum absolute atomic E-state index is 11.6. The molecule has 0 aromatic heterocycles. The van der Waals surface area contributed by atoms with Crippen molar-refractivity contribution in [1.29, 1.82) is 0 Å². The topological polar surface area (TPSA) is 104 Å². The third kappa shape index (κ3) is 4.04. The van der Waals surface area contributed by atoms with Gasteiger partial charge in [0.05, 0.1) is 0 Å². The summed E-state index contributed by atoms with van der Waals surface area (Å²) >= 11 is 0. The maximum Gasteiger partial charge on any atom is 0.326 e. The van der Waals surface area contributed by atoms with Crippen LogP contribution in [-0.2, 0) is 19.2 Å². The molecule has 0 aromatic rings. The standard InChI is InChI=1S/C12H18N2O5/c1-7(2)11(12(18)19)13-8(15)5-6-14-9(16)3-4-10(14)17/h7,11H,3-6H2,1-2H3,(H,13,15)(H,18,19)/t11-/m1/s1. The van der Waals surface area contributed by atoms with E-state index in [1.165, 1.54) is 0 Å². The van der Waals surface area contributed by atoms with Crippen LogP contribution in [0.4, 0.5) is 0 Å². The van der Waals surface area contributed by atoms with Crippen LogP contribution in [0, 0.1) is 5.92 Å². The summed E-state index contributed by atoms with van der Waals surface area (Å²) in [6, 6.07) is -0.961. The predicted molar refractivity (Wildman–Crippen MR) is 65.0 cm³/mol. The van der Waals surface area contributed by atoms with Crippen LogP contribution in [-0.4, -0.2) is 46.3 Å². The van der Waals surface area contributed by atoms with Gasteiger partial charge in [0.15, 0.2) is 0 Å². The highest BCUT2D eigenvalue weighted by Crippen LogP contribution is 2.12. The number of amides is 3. The summed E-state index contributed by atoms with van der Waals surface area (Å²) in [6.45, 7) is 3.38. The molecule has 7 nitrogen and oxygen atoms in total. The Morgan fingerprint density at radius 2 is 1.79 bits per heavy atom. The maximum atomic E-state index is 11.6. The molecule has 1 atom stereocenters. The van der Waals surface area contributed by atoms with E-state index in [1.807, 2.05) is 0 Å². The lowest BCUT2D eigenvalue weighted by Gasteiger charge is -2.19. The Morgan fingerprint density at radius 3 is 2.21 bits per heavy atom. The van der Waals surface area contributed by atoms with Crippen LogP contribution in [0.2, 0.25) is 0 Å². The quantitative estimate of drug-likeness (QED) is 0.648. The van der Waals surface area contributed by atoms with Crippen LogP contribution in [0.15, 0.2) is 0 Å². The minimum atomic E-state index is -1.10. The summed E-state index contributed by atoms with van der Waals surface area (Å²) in [4.78, 5) is 46.2. The van der Waals surface area contributed by atoms with E-state index in [0.717, 1.165) is 4.90 Å². The molecule has 0 spiro atoms. The molecule has 7 heteroatoms. The Labute approximate surface area is 110 Å². The fourth-order valence-corrected chi connectivity index (χ4v) is 1.84. The van der Waals surface area contributed by atoms with Gasteiger partial charge in [-0.15, -0.1) is 0 Å². The number of nitrogens with zero attached hydrogens (tertiary/aromatic N) is 1. The highest BCUT2D eigenvalue weighted by molar-refractivity contribution is 6.02. The molecule has 1 aliphatic heterocycles. The second-order valence-corrected chi connectivity index (χ2v) is 4.82. The Kier molecular flexibility index (Phi) is 5.02. The number of carboxylic acids is 1. The van der Waals surface area contributed by atoms with E-state index in [-0.39, 0.29) is 43.5 Å². The van der Waals surface area contributed by atoms with Crippen LogP contribution in [0.1, 0.15) is 33.1 Å². The first-order valence-corrected chi connectivity index (χ1v) is 6.18. The average Bonchev–Trinajstić information content (AvgIpc) is 2.62. The number of nitrogens with one attached hydrogen (secondary N) is 1. The molecule has 0 radical (unpaired) electrons. The van der Waals surface area contributed by atoms with Crippen LogP contribution in [0.5, 0.6) is 0 Å². The summed E-state index contributed by atoms with van der Waals surface area (Å²) in [7, 11) is 0. The average molecular weight is 270 g/mol. The summed E-state index contributed by atoms with van der Waals surface area (Å²) in [5, 5.41) is 11.3. The smallest absolute Gasteiger partial charge is 0.326 e. The van der Waals surface area contributed by atoms with Crippen LogP contribution in [0.25, 0.3) is 0 Å². The molecule has 2 N–H and O–H groups in total. The van der Waals surface area contributed by atoms with Crippen molar-refractivity contribution < 1.29 is 24.3 Å². The molecule has 1 rings (SSSR count). The van der Waals surface area contributed by atoms with Crippen molar-refractivity contribution in [2.75, 3.05) is 6.54 Å². The van der Waals surface area contributed by atoms with Gasteiger partial charge in [0.2, 0.25) is 17.7 Å². The van der Waals surface area contributed by atoms with E-state index in [1.54, 1.807) is 13.8 Å². The van der Waals surface area contributed by atoms with Gasteiger partial charge >= 0.3 is 5.97 Å². The molecule has 0 saturated carbocycles. The summed E-state index contributed by atoms with van der Waals surface area (Å²) < 4.78 is 0. The monoisotopic (exact) mass is 270 g/mol. The first-order valence-electron chi connectivity index (χ1n) is 6.18. The fraction of sp³-hybridized carbons (Fsp3) is 0.667. The van der Waals surface area contributed by atoms with Gasteiger partial charge in [0, 0.05) is 25.8 Å². The summed E-state index contributed by atoms with van der Waals surface area (Å²) in [6.07, 6.45) is 0.294. The molecule has 1 saturated heterocycles. The third-order valence-electron chi connectivity index (χ3n) is 2.97. The molecule has 1 aliphatic rings. The molecular formula is C12H18N2O5. The first kappa shape index (κ1) is 15.1. The molecular weight excluding hydrogens is 252 g/mol. The lowest BCUT2D eigenvalue weighted by Crippen LogP contribution is -2.45. The molecule has 1 fully saturated rings. The molecule has 0 aliphatic carbocycles. The Bertz CT molecular complexity index is 389. The molecule has 3 amide bonds. The predicted octanol–water partition coefficient (Wildman–Crippen LogP) is -0.249. The van der Waals surface area contributed by atoms with Crippen molar-refractivity contribution in [3.05, 3.63) is 0 Å². The number of carboxylic acid groups (broad SMARTS) is 1. The molecule has 1 heterocycles. The van der Waals surface area contributed by atoms with Crippen LogP contribution in [0.3, 0.4) is 0 Å². The van der Waals surface area contributed by atoms with E-state index < -0.39 is 17.9 Å². The number of aliphatic carboxylic acids is 1. The number of carbonyl (C=O) groups excluding carboxylic acids is 3. The van der Waals surface area contributed by atoms with Crippen molar-refractivity contribution in [2.45, 2.75) is 39.2 Å². The zero-order chi connectivity index (χ0) is 14.6. The van der Waals surface area contributed by atoms with Crippen molar-refractivity contribution in [3.8, 4) is 0 Å². The molecule has 106 valence electrons. The number of hydrogen-bond acceptors (Lipinski definition) is 4. The van der Waals surface area contributed by atoms with Crippen molar-refractivity contribution >= 4 is 23.7 Å². The number of carbonyl (C=O) groups is 4. The SMILES string of the molecule is CC(C)[C@@H](NC(=O)CCN1C(=O)CCC1=O)C(=O)O. The van der Waals surface area contributed by atoms with Crippen molar-refractivity contribution in [2.24, 2.45) is 5.92 Å². The van der Waals surface area contributed by atoms with E-state index in [4.69, 9.17) is 5.11 Å². The summed E-state index contributed by atoms with van der Waals surface area (Å²) in [5.41, 5.74) is 0. The van der Waals surface area contributed by atoms with E-state index in [2.05, 4.69) is 5.32 Å². The van der Waals surface area contributed by atoms with Gasteiger partial charge < -0.3 is 10.4 Å². The lowest BCUT2D eigenvalue weighted by atomic mass is 10.0. The van der Waals surface area contributed by atoms with Crippen molar-refractivity contribution in [3.63, 3.8) is 0 Å². The largest absolute Gasteiger partial charge is 0.480 e. The molecule has 0 aromatic carbocycles. The Morgan fingerprint density at radius 1 is 1.26 bits per heavy atom. The van der Waals surface area contributed by atoms with Gasteiger partial charge in [-0.25, -0.2) is 4.79 Å². The van der Waals surface area contributed by atoms with Gasteiger partial charge in [0.1, 0.15) is 6.04 Å². The van der Waals surface area contributed by atoms with E-state index in [9.17, 15) is 19.2 Å². The Balaban J connectivity index is 2.45. The minimum Gasteiger partial charge on any atom is -0.480 e. The van der Waals surface area contributed by atoms with E-state index in [0.29, 0.717) is 0 Å². The van der Waals surface area contributed by atoms with E-state index >= 15 is 0 Å². The molecule has 19 heavy (non-hydrogen) atoms. The molecule has 0 unspecified atom stereocenters. The highest BCUT2D eigenvalue weighted by Gasteiger charge is 2.29. The van der Waals surface area contributed by atoms with Gasteiger partial charge in [0.25, 0.3) is 0 Å². The van der Waals surface area contributed by atoms with Gasteiger partial charge in [-0.05, 0) is 5.92 Å². The minimum absolute atomic E-state index is 0.00787. The van der Waals surface area contributed by atoms with Crippen LogP contribution < -0.4 is 5.32 Å². The number of rotatable bonds is 6. The van der Waals surface area contributed by atoms with Crippen molar-refractivity contribution in [1.82, 2.24) is 10.2 Å². The Hall–Kier alpha value is -1.92. The second-order valence-electron chi connectivity index (χ2n) is 4.82. The molecule has 0 bridgehead atoms. The van der Waals surface area contributed by atoms with Crippen LogP contribution >= 0.6 is 0 Å². The zero-order valence-corrected chi connectivity index (χ0v) is 11.0. The van der Waals surface area contributed by atoms with Gasteiger partial charge in [-0.3, -0.25) is 19.3 Å². The number of imide groups is 1. The lowest BCUT2D eigenvalue weighted by molar-refractivity contribution is -0.144. The third-order valence-corrected chi connectivity index (χ3v) is 2.97. The zero-order valence-electron chi connectivity index (χ0n) is 11.0. The summed E-state index contributed by atoms with van der Waals surface area (Å²) in [5.74, 6) is -2.38. The van der Waals surface area contributed by atoms with Gasteiger partial charge in [-0.1, -0.05) is 13.8 Å². The number of hydrogen-bond donors (Lipinski definition) is 2. The first-order chi connectivity index (χ1) is 8.82. The second kappa shape index (κ2) is 6.31.